The number of hydrogen-bond donors (Lipinski definition) is 1. The first-order valence-electron chi connectivity index (χ1n) is 4.58. The Bertz CT molecular complexity index is 363. The molecule has 0 spiro atoms. The third-order valence-corrected chi connectivity index (χ3v) is 2.72. The first-order chi connectivity index (χ1) is 7.38. The largest absolute Gasteiger partial charge is 0.410 e. The van der Waals surface area contributed by atoms with Crippen molar-refractivity contribution in [2.75, 3.05) is 13.1 Å². The second kappa shape index (κ2) is 3.80. The Balaban J connectivity index is 2.22. The molecule has 0 radical (unpaired) electrons. The van der Waals surface area contributed by atoms with Gasteiger partial charge in [0, 0.05) is 6.54 Å². The Labute approximate surface area is 93.8 Å². The van der Waals surface area contributed by atoms with E-state index in [0.717, 1.165) is 0 Å². The SMILES string of the molecule is FC1=C(Cl)NC2=N[C@H](C(F)(F)F)CCN2C1. The molecule has 0 amide bonds. The van der Waals surface area contributed by atoms with E-state index in [1.807, 2.05) is 0 Å². The van der Waals surface area contributed by atoms with Gasteiger partial charge in [0.2, 0.25) is 0 Å². The summed E-state index contributed by atoms with van der Waals surface area (Å²) >= 11 is 5.45. The van der Waals surface area contributed by atoms with Crippen LogP contribution in [0, 0.1) is 0 Å². The number of aliphatic imine (C=N–C) groups is 1. The lowest BCUT2D eigenvalue weighted by Crippen LogP contribution is -2.51. The van der Waals surface area contributed by atoms with Gasteiger partial charge in [0.05, 0.1) is 6.54 Å². The minimum atomic E-state index is -4.37. The number of fused-ring (bicyclic) bond motifs is 1. The lowest BCUT2D eigenvalue weighted by molar-refractivity contribution is -0.150. The predicted octanol–water partition coefficient (Wildman–Crippen LogP) is 1.96. The van der Waals surface area contributed by atoms with Crippen molar-refractivity contribution in [3.8, 4) is 0 Å². The molecule has 16 heavy (non-hydrogen) atoms. The molecule has 0 aromatic rings. The van der Waals surface area contributed by atoms with E-state index in [1.165, 1.54) is 4.90 Å². The Morgan fingerprint density at radius 3 is 2.75 bits per heavy atom. The lowest BCUT2D eigenvalue weighted by Gasteiger charge is -2.35. The van der Waals surface area contributed by atoms with Crippen LogP contribution in [0.2, 0.25) is 0 Å². The summed E-state index contributed by atoms with van der Waals surface area (Å²) < 4.78 is 50.2. The van der Waals surface area contributed by atoms with Crippen LogP contribution >= 0.6 is 11.6 Å². The maximum absolute atomic E-state index is 13.0. The summed E-state index contributed by atoms with van der Waals surface area (Å²) in [7, 11) is 0. The molecule has 2 rings (SSSR count). The Morgan fingerprint density at radius 2 is 2.12 bits per heavy atom. The van der Waals surface area contributed by atoms with Gasteiger partial charge in [0.1, 0.15) is 5.16 Å². The van der Waals surface area contributed by atoms with Crippen molar-refractivity contribution in [2.45, 2.75) is 18.6 Å². The van der Waals surface area contributed by atoms with E-state index in [4.69, 9.17) is 11.6 Å². The van der Waals surface area contributed by atoms with Crippen LogP contribution in [0.25, 0.3) is 0 Å². The van der Waals surface area contributed by atoms with Crippen molar-refractivity contribution >= 4 is 17.6 Å². The molecule has 1 N–H and O–H groups in total. The second-order valence-corrected chi connectivity index (χ2v) is 3.94. The van der Waals surface area contributed by atoms with Crippen molar-refractivity contribution in [1.82, 2.24) is 10.2 Å². The molecule has 90 valence electrons. The van der Waals surface area contributed by atoms with Crippen LogP contribution in [0.1, 0.15) is 6.42 Å². The minimum Gasteiger partial charge on any atom is -0.336 e. The molecule has 0 aromatic heterocycles. The minimum absolute atomic E-state index is 0.0139. The predicted molar refractivity (Wildman–Crippen MR) is 50.6 cm³/mol. The van der Waals surface area contributed by atoms with Crippen molar-refractivity contribution < 1.29 is 17.6 Å². The van der Waals surface area contributed by atoms with Gasteiger partial charge in [-0.3, -0.25) is 0 Å². The second-order valence-electron chi connectivity index (χ2n) is 3.56. The van der Waals surface area contributed by atoms with Crippen LogP contribution in [0.15, 0.2) is 16.0 Å². The zero-order valence-electron chi connectivity index (χ0n) is 7.98. The molecule has 0 aromatic carbocycles. The van der Waals surface area contributed by atoms with Gasteiger partial charge in [-0.15, -0.1) is 0 Å². The molecule has 2 aliphatic heterocycles. The molecule has 3 nitrogen and oxygen atoms in total. The van der Waals surface area contributed by atoms with E-state index in [9.17, 15) is 17.6 Å². The number of hydrogen-bond acceptors (Lipinski definition) is 3. The maximum Gasteiger partial charge on any atom is 0.410 e. The van der Waals surface area contributed by atoms with E-state index >= 15 is 0 Å². The topological polar surface area (TPSA) is 27.6 Å². The lowest BCUT2D eigenvalue weighted by atomic mass is 10.1. The molecule has 0 saturated heterocycles. The number of nitrogens with zero attached hydrogens (tertiary/aromatic N) is 2. The zero-order valence-corrected chi connectivity index (χ0v) is 8.74. The highest BCUT2D eigenvalue weighted by molar-refractivity contribution is 6.30. The van der Waals surface area contributed by atoms with E-state index in [2.05, 4.69) is 10.3 Å². The molecular formula is C8H8ClF4N3. The van der Waals surface area contributed by atoms with Crippen molar-refractivity contribution in [3.63, 3.8) is 0 Å². The molecule has 1 atom stereocenters. The van der Waals surface area contributed by atoms with Crippen LogP contribution in [0.3, 0.4) is 0 Å². The normalized spacial score (nSPS) is 26.2. The molecule has 8 heteroatoms. The fraction of sp³-hybridized carbons (Fsp3) is 0.625. The molecule has 0 fully saturated rings. The summed E-state index contributed by atoms with van der Waals surface area (Å²) in [5.74, 6) is -0.606. The van der Waals surface area contributed by atoms with Gasteiger partial charge in [0.15, 0.2) is 17.8 Å². The summed E-state index contributed by atoms with van der Waals surface area (Å²) in [6.07, 6.45) is -4.54. The highest BCUT2D eigenvalue weighted by Gasteiger charge is 2.43. The van der Waals surface area contributed by atoms with Crippen LogP contribution < -0.4 is 5.32 Å². The maximum atomic E-state index is 13.0. The van der Waals surface area contributed by atoms with Gasteiger partial charge in [-0.25, -0.2) is 9.38 Å². The van der Waals surface area contributed by atoms with Crippen LogP contribution in [-0.2, 0) is 0 Å². The smallest absolute Gasteiger partial charge is 0.336 e. The van der Waals surface area contributed by atoms with E-state index < -0.39 is 18.0 Å². The number of halogens is 5. The third kappa shape index (κ3) is 2.09. The molecule has 2 aliphatic rings. The average molecular weight is 258 g/mol. The van der Waals surface area contributed by atoms with Gasteiger partial charge in [0.25, 0.3) is 0 Å². The summed E-state index contributed by atoms with van der Waals surface area (Å²) in [5, 5.41) is 2.02. The zero-order chi connectivity index (χ0) is 11.9. The summed E-state index contributed by atoms with van der Waals surface area (Å²) in [6, 6.07) is -1.74. The number of rotatable bonds is 0. The highest BCUT2D eigenvalue weighted by Crippen LogP contribution is 2.29. The molecular weight excluding hydrogens is 250 g/mol. The Hall–Kier alpha value is -0.980. The van der Waals surface area contributed by atoms with Gasteiger partial charge < -0.3 is 10.2 Å². The Kier molecular flexibility index (Phi) is 2.73. The summed E-state index contributed by atoms with van der Waals surface area (Å²) in [4.78, 5) is 4.87. The fourth-order valence-electron chi connectivity index (χ4n) is 1.58. The first kappa shape index (κ1) is 11.5. The van der Waals surface area contributed by atoms with Crippen LogP contribution in [0.4, 0.5) is 17.6 Å². The van der Waals surface area contributed by atoms with Gasteiger partial charge in [-0.05, 0) is 6.42 Å². The molecule has 0 unspecified atom stereocenters. The molecule has 0 bridgehead atoms. The monoisotopic (exact) mass is 257 g/mol. The standard InChI is InChI=1S/C8H8ClF4N3/c9-6-4(10)3-16-2-1-5(8(11,12)13)14-7(16)15-6/h5H,1-3H2,(H,14,15)/t5-/m0/s1. The van der Waals surface area contributed by atoms with Crippen molar-refractivity contribution in [3.05, 3.63) is 11.0 Å². The van der Waals surface area contributed by atoms with Gasteiger partial charge in [-0.2, -0.15) is 13.2 Å². The van der Waals surface area contributed by atoms with Gasteiger partial charge in [-0.1, -0.05) is 11.6 Å². The number of alkyl halides is 3. The van der Waals surface area contributed by atoms with E-state index in [0.29, 0.717) is 0 Å². The van der Waals surface area contributed by atoms with Crippen molar-refractivity contribution in [2.24, 2.45) is 4.99 Å². The highest BCUT2D eigenvalue weighted by atomic mass is 35.5. The van der Waals surface area contributed by atoms with Crippen LogP contribution in [0.5, 0.6) is 0 Å². The summed E-state index contributed by atoms with van der Waals surface area (Å²) in [6.45, 7) is -0.0250. The quantitative estimate of drug-likeness (QED) is 0.531. The molecule has 0 aliphatic carbocycles. The Morgan fingerprint density at radius 1 is 1.44 bits per heavy atom. The van der Waals surface area contributed by atoms with Crippen LogP contribution in [-0.4, -0.2) is 36.2 Å². The summed E-state index contributed by atoms with van der Waals surface area (Å²) in [5.41, 5.74) is 0. The van der Waals surface area contributed by atoms with E-state index in [-0.39, 0.29) is 30.6 Å². The van der Waals surface area contributed by atoms with Crippen molar-refractivity contribution in [1.29, 1.82) is 0 Å². The number of nitrogens with one attached hydrogen (secondary N) is 1. The average Bonchev–Trinajstić information content (AvgIpc) is 2.17. The van der Waals surface area contributed by atoms with Gasteiger partial charge >= 0.3 is 6.18 Å². The third-order valence-electron chi connectivity index (χ3n) is 2.42. The van der Waals surface area contributed by atoms with E-state index in [1.54, 1.807) is 0 Å². The number of guanidine groups is 1. The molecule has 0 saturated carbocycles. The molecule has 2 heterocycles. The first-order valence-corrected chi connectivity index (χ1v) is 4.96. The fourth-order valence-corrected chi connectivity index (χ4v) is 1.73.